The highest BCUT2D eigenvalue weighted by molar-refractivity contribution is 6.42. The number of halogens is 2. The fourth-order valence-electron chi connectivity index (χ4n) is 3.33. The third-order valence-electron chi connectivity index (χ3n) is 4.76. The average molecular weight is 408 g/mol. The van der Waals surface area contributed by atoms with Crippen LogP contribution < -0.4 is 14.5 Å². The van der Waals surface area contributed by atoms with Crippen LogP contribution in [0.4, 0.5) is 5.69 Å². The van der Waals surface area contributed by atoms with Crippen LogP contribution in [0.5, 0.6) is 11.5 Å². The number of rotatable bonds is 5. The van der Waals surface area contributed by atoms with Crippen molar-refractivity contribution in [1.82, 2.24) is 9.91 Å². The van der Waals surface area contributed by atoms with E-state index in [2.05, 4.69) is 11.0 Å². The van der Waals surface area contributed by atoms with Gasteiger partial charge in [-0.1, -0.05) is 29.3 Å². The quantitative estimate of drug-likeness (QED) is 0.710. The summed E-state index contributed by atoms with van der Waals surface area (Å²) in [5, 5.41) is 4.52. The summed E-state index contributed by atoms with van der Waals surface area (Å²) in [6.45, 7) is 4.29. The third-order valence-corrected chi connectivity index (χ3v) is 5.50. The van der Waals surface area contributed by atoms with Gasteiger partial charge in [0.1, 0.15) is 0 Å². The summed E-state index contributed by atoms with van der Waals surface area (Å²) in [6, 6.07) is 11.2. The first kappa shape index (κ1) is 18.4. The first-order valence-corrected chi connectivity index (χ1v) is 9.45. The summed E-state index contributed by atoms with van der Waals surface area (Å²) in [5.74, 6) is 1.60. The zero-order chi connectivity index (χ0) is 18.8. The Morgan fingerprint density at radius 3 is 2.48 bits per heavy atom. The summed E-state index contributed by atoms with van der Waals surface area (Å²) in [4.78, 5) is 14.0. The van der Waals surface area contributed by atoms with E-state index in [1.807, 2.05) is 17.1 Å². The number of amides is 1. The molecule has 142 valence electrons. The highest BCUT2D eigenvalue weighted by Gasteiger charge is 2.23. The van der Waals surface area contributed by atoms with Crippen molar-refractivity contribution in [1.29, 1.82) is 0 Å². The summed E-state index contributed by atoms with van der Waals surface area (Å²) in [7, 11) is 0. The molecule has 0 aromatic heterocycles. The van der Waals surface area contributed by atoms with Gasteiger partial charge in [-0.3, -0.25) is 9.69 Å². The first-order valence-electron chi connectivity index (χ1n) is 8.69. The maximum absolute atomic E-state index is 11.7. The van der Waals surface area contributed by atoms with E-state index in [1.165, 1.54) is 5.56 Å². The smallest absolute Gasteiger partial charge is 0.231 e. The molecule has 2 aromatic rings. The van der Waals surface area contributed by atoms with Crippen LogP contribution in [0.2, 0.25) is 10.0 Å². The molecule has 2 heterocycles. The predicted octanol–water partition coefficient (Wildman–Crippen LogP) is 3.42. The molecule has 2 aromatic carbocycles. The van der Waals surface area contributed by atoms with Gasteiger partial charge in [-0.2, -0.15) is 0 Å². The van der Waals surface area contributed by atoms with E-state index < -0.39 is 0 Å². The molecule has 2 aliphatic heterocycles. The number of carbonyl (C=O) groups is 1. The molecule has 0 N–H and O–H groups in total. The third kappa shape index (κ3) is 3.99. The van der Waals surface area contributed by atoms with Gasteiger partial charge < -0.3 is 9.47 Å². The molecule has 0 spiro atoms. The van der Waals surface area contributed by atoms with E-state index in [1.54, 1.807) is 23.2 Å². The van der Waals surface area contributed by atoms with Crippen molar-refractivity contribution in [2.45, 2.75) is 6.54 Å². The minimum Gasteiger partial charge on any atom is -0.454 e. The number of fused-ring (bicyclic) bond motifs is 1. The van der Waals surface area contributed by atoms with Crippen LogP contribution in [0.1, 0.15) is 5.56 Å². The van der Waals surface area contributed by atoms with E-state index >= 15 is 0 Å². The zero-order valence-corrected chi connectivity index (χ0v) is 16.1. The lowest BCUT2D eigenvalue weighted by Gasteiger charge is -2.39. The van der Waals surface area contributed by atoms with Crippen molar-refractivity contribution < 1.29 is 14.3 Å². The largest absolute Gasteiger partial charge is 0.454 e. The Kier molecular flexibility index (Phi) is 5.41. The van der Waals surface area contributed by atoms with Crippen molar-refractivity contribution in [2.24, 2.45) is 0 Å². The predicted molar refractivity (Wildman–Crippen MR) is 104 cm³/mol. The Morgan fingerprint density at radius 2 is 1.74 bits per heavy atom. The van der Waals surface area contributed by atoms with Crippen LogP contribution in [-0.2, 0) is 11.3 Å². The van der Waals surface area contributed by atoms with Gasteiger partial charge in [0.25, 0.3) is 0 Å². The maximum atomic E-state index is 11.7. The highest BCUT2D eigenvalue weighted by atomic mass is 35.5. The first-order chi connectivity index (χ1) is 13.1. The Morgan fingerprint density at radius 1 is 0.963 bits per heavy atom. The molecular formula is C19H19Cl2N3O3. The molecule has 4 rings (SSSR count). The number of ether oxygens (including phenoxy) is 2. The number of nitrogens with zero attached hydrogens (tertiary/aromatic N) is 3. The number of carbonyl (C=O) groups excluding carboxylic acids is 1. The van der Waals surface area contributed by atoms with Gasteiger partial charge in [0.2, 0.25) is 13.2 Å². The lowest BCUT2D eigenvalue weighted by molar-refractivity contribution is -0.110. The molecule has 0 saturated carbocycles. The Balaban J connectivity index is 1.37. The molecule has 0 unspecified atom stereocenters. The summed E-state index contributed by atoms with van der Waals surface area (Å²) >= 11 is 12.1. The van der Waals surface area contributed by atoms with Crippen molar-refractivity contribution >= 4 is 35.3 Å². The standard InChI is InChI=1S/C19H19Cl2N3O3/c20-16-3-2-15(10-17(16)21)24(12-25)23-7-5-22(6-8-23)11-14-1-4-18-19(9-14)27-13-26-18/h1-4,9-10,12H,5-8,11,13H2. The Bertz CT molecular complexity index is 841. The van der Waals surface area contributed by atoms with E-state index in [-0.39, 0.29) is 6.79 Å². The van der Waals surface area contributed by atoms with Crippen LogP contribution >= 0.6 is 23.2 Å². The van der Waals surface area contributed by atoms with Crippen molar-refractivity contribution in [3.8, 4) is 11.5 Å². The van der Waals surface area contributed by atoms with Crippen molar-refractivity contribution in [2.75, 3.05) is 38.0 Å². The van der Waals surface area contributed by atoms with Gasteiger partial charge in [-0.05, 0) is 35.9 Å². The minimum absolute atomic E-state index is 0.285. The normalized spacial score (nSPS) is 17.1. The zero-order valence-electron chi connectivity index (χ0n) is 14.6. The fourth-order valence-corrected chi connectivity index (χ4v) is 3.62. The highest BCUT2D eigenvalue weighted by Crippen LogP contribution is 2.33. The number of benzene rings is 2. The lowest BCUT2D eigenvalue weighted by Crippen LogP contribution is -2.53. The number of anilines is 1. The van der Waals surface area contributed by atoms with Crippen LogP contribution in [-0.4, -0.2) is 49.3 Å². The van der Waals surface area contributed by atoms with Gasteiger partial charge in [-0.25, -0.2) is 10.0 Å². The second-order valence-corrected chi connectivity index (χ2v) is 7.28. The SMILES string of the molecule is O=CN(c1ccc(Cl)c(Cl)c1)N1CCN(Cc2ccc3c(c2)OCO3)CC1. The summed E-state index contributed by atoms with van der Waals surface area (Å²) in [6.07, 6.45) is 0.813. The monoisotopic (exact) mass is 407 g/mol. The topological polar surface area (TPSA) is 45.3 Å². The molecular weight excluding hydrogens is 389 g/mol. The molecule has 6 nitrogen and oxygen atoms in total. The molecule has 1 fully saturated rings. The molecule has 0 bridgehead atoms. The molecule has 0 aliphatic carbocycles. The number of hydrazine groups is 1. The van der Waals surface area contributed by atoms with E-state index in [0.717, 1.165) is 50.6 Å². The van der Waals surface area contributed by atoms with Crippen LogP contribution in [0, 0.1) is 0 Å². The van der Waals surface area contributed by atoms with Crippen LogP contribution in [0.25, 0.3) is 0 Å². The van der Waals surface area contributed by atoms with Gasteiger partial charge in [0, 0.05) is 32.7 Å². The molecule has 2 aliphatic rings. The average Bonchev–Trinajstić information content (AvgIpc) is 3.14. The second-order valence-electron chi connectivity index (χ2n) is 6.47. The second kappa shape index (κ2) is 7.94. The molecule has 27 heavy (non-hydrogen) atoms. The fraction of sp³-hybridized carbons (Fsp3) is 0.316. The lowest BCUT2D eigenvalue weighted by atomic mass is 10.2. The molecule has 0 radical (unpaired) electrons. The molecule has 1 amide bonds. The van der Waals surface area contributed by atoms with Gasteiger partial charge in [-0.15, -0.1) is 0 Å². The molecule has 0 atom stereocenters. The number of piperazine rings is 1. The number of hydrogen-bond donors (Lipinski definition) is 0. The molecule has 1 saturated heterocycles. The van der Waals surface area contributed by atoms with E-state index in [9.17, 15) is 4.79 Å². The summed E-state index contributed by atoms with van der Waals surface area (Å²) in [5.41, 5.74) is 1.90. The van der Waals surface area contributed by atoms with Crippen LogP contribution in [0.15, 0.2) is 36.4 Å². The molecule has 8 heteroatoms. The van der Waals surface area contributed by atoms with Gasteiger partial charge in [0.15, 0.2) is 11.5 Å². The van der Waals surface area contributed by atoms with Crippen LogP contribution in [0.3, 0.4) is 0 Å². The van der Waals surface area contributed by atoms with E-state index in [4.69, 9.17) is 32.7 Å². The van der Waals surface area contributed by atoms with E-state index in [0.29, 0.717) is 15.7 Å². The van der Waals surface area contributed by atoms with Crippen molar-refractivity contribution in [3.63, 3.8) is 0 Å². The van der Waals surface area contributed by atoms with Gasteiger partial charge in [0.05, 0.1) is 15.7 Å². The van der Waals surface area contributed by atoms with Crippen molar-refractivity contribution in [3.05, 3.63) is 52.0 Å². The minimum atomic E-state index is 0.285. The Hall–Kier alpha value is -1.99. The number of hydrogen-bond acceptors (Lipinski definition) is 5. The maximum Gasteiger partial charge on any atom is 0.231 e. The van der Waals surface area contributed by atoms with Gasteiger partial charge >= 0.3 is 0 Å². The summed E-state index contributed by atoms with van der Waals surface area (Å²) < 4.78 is 10.8. The Labute approximate surface area is 167 Å².